The fourth-order valence-electron chi connectivity index (χ4n) is 2.44. The Morgan fingerprint density at radius 1 is 1.55 bits per heavy atom. The van der Waals surface area contributed by atoms with Crippen molar-refractivity contribution in [1.29, 1.82) is 0 Å². The van der Waals surface area contributed by atoms with Gasteiger partial charge in [0, 0.05) is 13.1 Å². The SMILES string of the molecule is CCOC(=O)[C@H]1CCCN(C(=O)Cn2cnc([N+](=O)[O-])c2)C1. The van der Waals surface area contributed by atoms with E-state index in [0.29, 0.717) is 26.1 Å². The van der Waals surface area contributed by atoms with E-state index in [1.165, 1.54) is 17.1 Å². The Hall–Kier alpha value is -2.45. The van der Waals surface area contributed by atoms with Gasteiger partial charge in [0.2, 0.25) is 12.2 Å². The van der Waals surface area contributed by atoms with Crippen LogP contribution in [0.15, 0.2) is 12.5 Å². The molecule has 1 aliphatic rings. The third kappa shape index (κ3) is 3.80. The number of nitrogens with zero attached hydrogens (tertiary/aromatic N) is 4. The lowest BCUT2D eigenvalue weighted by Gasteiger charge is -2.31. The first-order valence-electron chi connectivity index (χ1n) is 7.11. The Balaban J connectivity index is 1.93. The monoisotopic (exact) mass is 310 g/mol. The molecule has 0 aromatic carbocycles. The predicted molar refractivity (Wildman–Crippen MR) is 74.8 cm³/mol. The molecule has 1 fully saturated rings. The molecule has 0 aliphatic carbocycles. The third-order valence-electron chi connectivity index (χ3n) is 3.52. The molecule has 1 aromatic rings. The number of nitro groups is 1. The zero-order chi connectivity index (χ0) is 16.1. The summed E-state index contributed by atoms with van der Waals surface area (Å²) in [6.45, 7) is 2.94. The molecule has 0 bridgehead atoms. The molecule has 1 aliphatic heterocycles. The number of rotatable bonds is 5. The van der Waals surface area contributed by atoms with Crippen molar-refractivity contribution >= 4 is 17.7 Å². The molecule has 0 unspecified atom stereocenters. The number of carbonyl (C=O) groups excluding carboxylic acids is 2. The highest BCUT2D eigenvalue weighted by Gasteiger charge is 2.29. The number of imidazole rings is 1. The molecular weight excluding hydrogens is 292 g/mol. The van der Waals surface area contributed by atoms with E-state index in [2.05, 4.69) is 4.98 Å². The highest BCUT2D eigenvalue weighted by atomic mass is 16.6. The highest BCUT2D eigenvalue weighted by Crippen LogP contribution is 2.18. The van der Waals surface area contributed by atoms with Gasteiger partial charge in [-0.15, -0.1) is 0 Å². The summed E-state index contributed by atoms with van der Waals surface area (Å²) in [4.78, 5) is 39.1. The lowest BCUT2D eigenvalue weighted by atomic mass is 9.98. The number of hydrogen-bond acceptors (Lipinski definition) is 6. The smallest absolute Gasteiger partial charge is 0.381 e. The Kier molecular flexibility index (Phi) is 5.08. The predicted octanol–water partition coefficient (Wildman–Crippen LogP) is 0.593. The van der Waals surface area contributed by atoms with Crippen LogP contribution in [-0.2, 0) is 20.9 Å². The van der Waals surface area contributed by atoms with Gasteiger partial charge in [-0.2, -0.15) is 0 Å². The van der Waals surface area contributed by atoms with Crippen LogP contribution in [0, 0.1) is 16.0 Å². The molecule has 0 saturated carbocycles. The van der Waals surface area contributed by atoms with Crippen molar-refractivity contribution in [3.8, 4) is 0 Å². The summed E-state index contributed by atoms with van der Waals surface area (Å²) in [7, 11) is 0. The van der Waals surface area contributed by atoms with Crippen LogP contribution in [0.3, 0.4) is 0 Å². The Morgan fingerprint density at radius 3 is 2.95 bits per heavy atom. The van der Waals surface area contributed by atoms with Gasteiger partial charge < -0.3 is 24.3 Å². The Bertz CT molecular complexity index is 571. The fraction of sp³-hybridized carbons (Fsp3) is 0.615. The van der Waals surface area contributed by atoms with Gasteiger partial charge in [-0.3, -0.25) is 9.59 Å². The molecule has 1 aromatic heterocycles. The van der Waals surface area contributed by atoms with E-state index < -0.39 is 4.92 Å². The lowest BCUT2D eigenvalue weighted by Crippen LogP contribution is -2.44. The van der Waals surface area contributed by atoms with E-state index in [0.717, 1.165) is 6.42 Å². The zero-order valence-electron chi connectivity index (χ0n) is 12.3. The molecule has 9 heteroatoms. The van der Waals surface area contributed by atoms with E-state index in [1.807, 2.05) is 0 Å². The number of hydrogen-bond donors (Lipinski definition) is 0. The van der Waals surface area contributed by atoms with Crippen LogP contribution in [0.5, 0.6) is 0 Å². The van der Waals surface area contributed by atoms with E-state index in [4.69, 9.17) is 4.74 Å². The third-order valence-corrected chi connectivity index (χ3v) is 3.52. The normalized spacial score (nSPS) is 18.0. The maximum atomic E-state index is 12.2. The molecule has 2 rings (SSSR count). The van der Waals surface area contributed by atoms with Gasteiger partial charge in [0.05, 0.1) is 12.5 Å². The van der Waals surface area contributed by atoms with Crippen molar-refractivity contribution < 1.29 is 19.2 Å². The van der Waals surface area contributed by atoms with Crippen molar-refractivity contribution in [1.82, 2.24) is 14.5 Å². The number of piperidine rings is 1. The molecule has 1 saturated heterocycles. The molecule has 120 valence electrons. The first-order valence-corrected chi connectivity index (χ1v) is 7.11. The number of likely N-dealkylation sites (tertiary alicyclic amines) is 1. The number of ether oxygens (including phenoxy) is 1. The zero-order valence-corrected chi connectivity index (χ0v) is 12.3. The van der Waals surface area contributed by atoms with Gasteiger partial charge in [-0.05, 0) is 29.7 Å². The van der Waals surface area contributed by atoms with Gasteiger partial charge in [0.15, 0.2) is 0 Å². The number of aromatic nitrogens is 2. The number of carbonyl (C=O) groups is 2. The minimum absolute atomic E-state index is 0.0314. The minimum atomic E-state index is -0.612. The van der Waals surface area contributed by atoms with E-state index in [1.54, 1.807) is 11.8 Å². The van der Waals surface area contributed by atoms with E-state index >= 15 is 0 Å². The summed E-state index contributed by atoms with van der Waals surface area (Å²) in [5.41, 5.74) is 0. The minimum Gasteiger partial charge on any atom is -0.466 e. The average Bonchev–Trinajstić information content (AvgIpc) is 2.96. The first kappa shape index (κ1) is 15.9. The van der Waals surface area contributed by atoms with Gasteiger partial charge in [0.25, 0.3) is 0 Å². The van der Waals surface area contributed by atoms with Crippen molar-refractivity contribution in [3.05, 3.63) is 22.6 Å². The molecule has 2 heterocycles. The van der Waals surface area contributed by atoms with Gasteiger partial charge in [-0.1, -0.05) is 0 Å². The molecule has 1 atom stereocenters. The molecule has 9 nitrogen and oxygen atoms in total. The molecule has 1 amide bonds. The molecule has 0 N–H and O–H groups in total. The molecular formula is C13H18N4O5. The van der Waals surface area contributed by atoms with Gasteiger partial charge in [0.1, 0.15) is 12.7 Å². The van der Waals surface area contributed by atoms with Gasteiger partial charge >= 0.3 is 11.8 Å². The van der Waals surface area contributed by atoms with Crippen LogP contribution in [0.1, 0.15) is 19.8 Å². The van der Waals surface area contributed by atoms with Crippen LogP contribution in [0.4, 0.5) is 5.82 Å². The number of esters is 1. The summed E-state index contributed by atoms with van der Waals surface area (Å²) in [5.74, 6) is -1.06. The van der Waals surface area contributed by atoms with Crippen molar-refractivity contribution in [2.24, 2.45) is 5.92 Å². The average molecular weight is 310 g/mol. The molecule has 0 radical (unpaired) electrons. The van der Waals surface area contributed by atoms with Crippen molar-refractivity contribution in [2.75, 3.05) is 19.7 Å². The Morgan fingerprint density at radius 2 is 2.32 bits per heavy atom. The maximum absolute atomic E-state index is 12.2. The summed E-state index contributed by atoms with van der Waals surface area (Å²) in [5, 5.41) is 10.6. The van der Waals surface area contributed by atoms with Crippen LogP contribution in [0.2, 0.25) is 0 Å². The van der Waals surface area contributed by atoms with Crippen LogP contribution in [-0.4, -0.2) is 50.9 Å². The largest absolute Gasteiger partial charge is 0.466 e. The van der Waals surface area contributed by atoms with Crippen LogP contribution in [0.25, 0.3) is 0 Å². The van der Waals surface area contributed by atoms with Crippen LogP contribution < -0.4 is 0 Å². The van der Waals surface area contributed by atoms with Crippen molar-refractivity contribution in [2.45, 2.75) is 26.3 Å². The second-order valence-electron chi connectivity index (χ2n) is 5.09. The van der Waals surface area contributed by atoms with E-state index in [9.17, 15) is 19.7 Å². The molecule has 0 spiro atoms. The molecule has 22 heavy (non-hydrogen) atoms. The fourth-order valence-corrected chi connectivity index (χ4v) is 2.44. The van der Waals surface area contributed by atoms with E-state index in [-0.39, 0.29) is 30.2 Å². The second kappa shape index (κ2) is 7.01. The highest BCUT2D eigenvalue weighted by molar-refractivity contribution is 5.78. The summed E-state index contributed by atoms with van der Waals surface area (Å²) in [6.07, 6.45) is 3.91. The summed E-state index contributed by atoms with van der Waals surface area (Å²) < 4.78 is 6.36. The number of amides is 1. The maximum Gasteiger partial charge on any atom is 0.381 e. The van der Waals surface area contributed by atoms with Gasteiger partial charge in [-0.25, -0.2) is 0 Å². The van der Waals surface area contributed by atoms with Crippen LogP contribution >= 0.6 is 0 Å². The topological polar surface area (TPSA) is 108 Å². The standard InChI is InChI=1S/C13H18N4O5/c1-2-22-13(19)10-4-3-5-16(6-10)12(18)8-15-7-11(14-9-15)17(20)21/h7,9-10H,2-6,8H2,1H3/t10-/m0/s1. The summed E-state index contributed by atoms with van der Waals surface area (Å²) >= 11 is 0. The first-order chi connectivity index (χ1) is 10.5. The summed E-state index contributed by atoms with van der Waals surface area (Å²) in [6, 6.07) is 0. The Labute approximate surface area is 127 Å². The van der Waals surface area contributed by atoms with Crippen molar-refractivity contribution in [3.63, 3.8) is 0 Å². The second-order valence-corrected chi connectivity index (χ2v) is 5.09. The quantitative estimate of drug-likeness (QED) is 0.447. The lowest BCUT2D eigenvalue weighted by molar-refractivity contribution is -0.389.